The lowest BCUT2D eigenvalue weighted by Gasteiger charge is -2.32. The van der Waals surface area contributed by atoms with E-state index in [1.807, 2.05) is 0 Å². The number of nitrogens with two attached hydrogens (primary N) is 3. The molecule has 37 nitrogen and oxygen atoms in total. The number of carbonyl (C=O) groups is 11. The molecule has 2 saturated heterocycles. The topological polar surface area (TPSA) is 533 Å². The molecule has 0 saturated carbocycles. The van der Waals surface area contributed by atoms with Gasteiger partial charge in [0.15, 0.2) is 11.6 Å². The number of ether oxygens (including phenoxy) is 9. The number of H-pyrrole nitrogens is 1. The molecule has 2 aromatic rings. The number of imide groups is 1. The van der Waals surface area contributed by atoms with E-state index in [1.54, 1.807) is 20.8 Å². The lowest BCUT2D eigenvalue weighted by molar-refractivity contribution is -0.144. The fourth-order valence-corrected chi connectivity index (χ4v) is 14.6. The Bertz CT molecular complexity index is 3410. The number of amides is 9. The molecule has 2 fully saturated rings. The molecule has 0 aliphatic carbocycles. The Morgan fingerprint density at radius 3 is 1.84 bits per heavy atom. The van der Waals surface area contributed by atoms with E-state index < -0.39 is 188 Å². The number of benzene rings is 1. The van der Waals surface area contributed by atoms with Crippen molar-refractivity contribution in [3.05, 3.63) is 35.2 Å². The number of rotatable bonds is 42. The number of nitrogens with one attached hydrogen (secondary N) is 6. The molecular weight excluding hydrogens is 1470 g/mol. The van der Waals surface area contributed by atoms with Crippen molar-refractivity contribution in [2.45, 2.75) is 120 Å². The van der Waals surface area contributed by atoms with Crippen molar-refractivity contribution in [1.82, 2.24) is 46.4 Å². The van der Waals surface area contributed by atoms with Crippen LogP contribution in [0.1, 0.15) is 77.3 Å². The van der Waals surface area contributed by atoms with E-state index in [4.69, 9.17) is 59.9 Å². The van der Waals surface area contributed by atoms with Crippen LogP contribution in [0.2, 0.25) is 0 Å². The van der Waals surface area contributed by atoms with Gasteiger partial charge in [0, 0.05) is 90.3 Å². The minimum Gasteiger partial charge on any atom is -0.508 e. The summed E-state index contributed by atoms with van der Waals surface area (Å²) in [5.74, 6) is -8.13. The Morgan fingerprint density at radius 1 is 0.725 bits per heavy atom. The average Bonchev–Trinajstić information content (AvgIpc) is 1.62. The number of hydrazine groups is 1. The number of aromatic hydroxyl groups is 1. The highest BCUT2D eigenvalue weighted by Crippen LogP contribution is 2.37. The first-order valence-electron chi connectivity index (χ1n) is 36.6. The number of carbonyl (C=O) groups excluding carboxylic acids is 11. The monoisotopic (exact) mass is 1580 g/mol. The molecule has 109 heavy (non-hydrogen) atoms. The number of hydrogen-bond donors (Lipinski definition) is 13. The summed E-state index contributed by atoms with van der Waals surface area (Å²) in [6, 6.07) is -4.17. The predicted molar refractivity (Wildman–Crippen MR) is 392 cm³/mol. The van der Waals surface area contributed by atoms with Crippen molar-refractivity contribution in [3.8, 4) is 5.75 Å². The largest absolute Gasteiger partial charge is 0.508 e. The second-order valence-electron chi connectivity index (χ2n) is 26.9. The molecule has 5 heterocycles. The van der Waals surface area contributed by atoms with Crippen LogP contribution in [-0.4, -0.2) is 315 Å². The molecule has 2 unspecified atom stereocenters. The molecule has 2 bridgehead atoms. The number of aliphatic hydroxyl groups is 3. The molecule has 6 rings (SSSR count). The first kappa shape index (κ1) is 90.5. The van der Waals surface area contributed by atoms with Gasteiger partial charge in [0.05, 0.1) is 198 Å². The highest BCUT2D eigenvalue weighted by Gasteiger charge is 2.45. The van der Waals surface area contributed by atoms with Crippen LogP contribution in [-0.2, 0) is 118 Å². The van der Waals surface area contributed by atoms with E-state index in [0.717, 1.165) is 9.80 Å². The molecule has 39 heteroatoms. The van der Waals surface area contributed by atoms with E-state index in [0.29, 0.717) is 129 Å². The van der Waals surface area contributed by atoms with Crippen LogP contribution in [0.25, 0.3) is 10.9 Å². The molecule has 1 aromatic heterocycles. The van der Waals surface area contributed by atoms with Crippen LogP contribution in [0, 0.1) is 29.6 Å². The number of hydrogen-bond acceptors (Lipinski definition) is 29. The number of primary amides is 1. The minimum absolute atomic E-state index is 0.00589. The summed E-state index contributed by atoms with van der Waals surface area (Å²) in [4.78, 5) is 157. The van der Waals surface area contributed by atoms with Gasteiger partial charge >= 0.3 is 0 Å². The average molecular weight is 1580 g/mol. The van der Waals surface area contributed by atoms with Gasteiger partial charge in [0.2, 0.25) is 53.2 Å². The maximum absolute atomic E-state index is 15.3. The standard InChI is InChI=1S/C70H110N12O25S2/c1-5-42(2)50-31-47(84)34-74-64(92)45-29-51-49-6-7-56(86)52(40-108-27-26-107-25-24-106-23-22-105-21-20-104-19-18-103-17-16-102-15-14-101-13-12-100-11-10-99-9-8-80(73)36-46(71)37-82-61(91)28-43(3)69(82)96)63(49)79-68(51)109(98)41-54(76-60(90)35-75-65(50)93)66(94)77-53(33-59(72)89)70(97)81-38-48(85)32-55(81)67(95)78-62(57(87)30-45)44(4)58(88)39-83/h6-7,36,42-45,48,50,53-55,58,62,79,83,85-86,88H,5,8-35,37-41,71,73H2,1-4H3,(H2,72,89)(H,74,92)(H,75,93)(H,76,90)(H,77,94)(H,78,95)/b46-36-/t42-,43?,44-,45+,48+,50-,53-,54+,55-,58-,62-,109?/m0/s1. The van der Waals surface area contributed by atoms with Crippen LogP contribution >= 0.6 is 11.8 Å². The number of thioether (sulfide) groups is 1. The van der Waals surface area contributed by atoms with Gasteiger partial charge in [-0.05, 0) is 30.0 Å². The van der Waals surface area contributed by atoms with Gasteiger partial charge in [-0.2, -0.15) is 11.8 Å². The summed E-state index contributed by atoms with van der Waals surface area (Å²) in [6.45, 7) is 10.2. The SMILES string of the molecule is CC[C@H](C)[C@@H]1CC(=O)CNC(=O)[C@H]2CC(=O)[C@H]([C@@H](C)[C@@H](O)CO)NC(=O)[C@@H]3C[C@@H](O)CN3C(=O)[C@H](CC(N)=O)NC(=O)[C@@H](CS(=O)c3[nH]c4c(CSCCOCCOCCOCCOCCOCCOCCOCCOCCOCCN(N)/C=C(\N)CN5C(=O)CC(C)C5=O)c(O)ccc4c3C2)NC(=O)CNC1=O. The first-order chi connectivity index (χ1) is 52.2. The van der Waals surface area contributed by atoms with Crippen LogP contribution in [0.15, 0.2) is 29.1 Å². The molecule has 4 aliphatic rings. The summed E-state index contributed by atoms with van der Waals surface area (Å²) in [5.41, 5.74) is 12.5. The molecular formula is C70H110N12O25S2. The smallest absolute Gasteiger partial charge is 0.246 e. The van der Waals surface area contributed by atoms with Crippen LogP contribution in [0.5, 0.6) is 5.75 Å². The Hall–Kier alpha value is -7.35. The zero-order valence-electron chi connectivity index (χ0n) is 62.4. The van der Waals surface area contributed by atoms with Gasteiger partial charge in [0.1, 0.15) is 28.9 Å². The molecule has 0 spiro atoms. The van der Waals surface area contributed by atoms with E-state index in [2.05, 4.69) is 31.6 Å². The van der Waals surface area contributed by atoms with E-state index in [9.17, 15) is 73.2 Å². The van der Waals surface area contributed by atoms with E-state index >= 15 is 4.21 Å². The first-order valence-corrected chi connectivity index (χ1v) is 39.1. The number of phenolic OH excluding ortho intramolecular Hbond substituents is 1. The van der Waals surface area contributed by atoms with Crippen molar-refractivity contribution in [3.63, 3.8) is 0 Å². The van der Waals surface area contributed by atoms with Crippen LogP contribution < -0.4 is 43.9 Å². The van der Waals surface area contributed by atoms with Crippen molar-refractivity contribution >= 4 is 98.2 Å². The van der Waals surface area contributed by atoms with Gasteiger partial charge in [-0.3, -0.25) is 61.8 Å². The minimum atomic E-state index is -2.45. The maximum atomic E-state index is 15.3. The number of likely N-dealkylation sites (tertiary alicyclic amines) is 1. The molecule has 4 aliphatic heterocycles. The number of aromatic amines is 1. The quantitative estimate of drug-likeness (QED) is 0.0130. The highest BCUT2D eigenvalue weighted by atomic mass is 32.2. The predicted octanol–water partition coefficient (Wildman–Crippen LogP) is -3.99. The summed E-state index contributed by atoms with van der Waals surface area (Å²) < 4.78 is 65.5. The molecule has 0 radical (unpaired) electrons. The third-order valence-corrected chi connectivity index (χ3v) is 21.1. The fourth-order valence-electron chi connectivity index (χ4n) is 12.4. The second-order valence-corrected chi connectivity index (χ2v) is 29.5. The third-order valence-electron chi connectivity index (χ3n) is 18.7. The van der Waals surface area contributed by atoms with Gasteiger partial charge < -0.3 is 116 Å². The summed E-state index contributed by atoms with van der Waals surface area (Å²) in [5, 5.41) is 57.5. The number of aliphatic hydroxyl groups excluding tert-OH is 3. The van der Waals surface area contributed by atoms with E-state index in [1.165, 1.54) is 42.0 Å². The van der Waals surface area contributed by atoms with Gasteiger partial charge in [-0.25, -0.2) is 5.84 Å². The molecule has 16 N–H and O–H groups in total. The Morgan fingerprint density at radius 2 is 1.29 bits per heavy atom. The Kier molecular flexibility index (Phi) is 39.7. The third kappa shape index (κ3) is 29.7. The van der Waals surface area contributed by atoms with Crippen molar-refractivity contribution < 1.29 is 120 Å². The molecule has 1 aromatic carbocycles. The Labute approximate surface area is 639 Å². The molecule has 12 atom stereocenters. The summed E-state index contributed by atoms with van der Waals surface area (Å²) in [6.07, 6.45) is -3.87. The summed E-state index contributed by atoms with van der Waals surface area (Å²) >= 11 is 1.35. The van der Waals surface area contributed by atoms with Gasteiger partial charge in [-0.1, -0.05) is 34.1 Å². The number of nitrogens with zero attached hydrogens (tertiary/aromatic N) is 3. The van der Waals surface area contributed by atoms with Crippen LogP contribution in [0.3, 0.4) is 0 Å². The lowest BCUT2D eigenvalue weighted by atomic mass is 9.85. The highest BCUT2D eigenvalue weighted by molar-refractivity contribution is 7.98. The maximum Gasteiger partial charge on any atom is 0.246 e. The van der Waals surface area contributed by atoms with Crippen molar-refractivity contribution in [1.29, 1.82) is 0 Å². The number of fused-ring (bicyclic) bond motifs is 5. The number of aromatic nitrogens is 1. The zero-order chi connectivity index (χ0) is 79.5. The number of Topliss-reactive ketones (excluding diaryl/α,β-unsaturated/α-hetero) is 2. The number of phenols is 1. The van der Waals surface area contributed by atoms with E-state index in [-0.39, 0.29) is 83.8 Å². The van der Waals surface area contributed by atoms with Crippen molar-refractivity contribution in [2.24, 2.45) is 46.9 Å². The zero-order valence-corrected chi connectivity index (χ0v) is 64.0. The second kappa shape index (κ2) is 47.8. The van der Waals surface area contributed by atoms with Gasteiger partial charge in [0.25, 0.3) is 0 Å². The Balaban J connectivity index is 0.969. The fraction of sp³-hybridized carbons (Fsp3) is 0.700. The lowest BCUT2D eigenvalue weighted by Crippen LogP contribution is -2.60. The van der Waals surface area contributed by atoms with Crippen molar-refractivity contribution in [2.75, 3.05) is 170 Å². The van der Waals surface area contributed by atoms with Gasteiger partial charge in [-0.15, -0.1) is 0 Å². The molecule has 612 valence electrons. The summed E-state index contributed by atoms with van der Waals surface area (Å²) in [7, 11) is -2.45. The molecule has 9 amide bonds. The van der Waals surface area contributed by atoms with Crippen LogP contribution in [0.4, 0.5) is 0 Å². The number of ketones is 2. The normalized spacial score (nSPS) is 23.4.